The number of carbonyl (C=O) groups excluding carboxylic acids is 3. The van der Waals surface area contributed by atoms with Gasteiger partial charge in [-0.25, -0.2) is 9.18 Å². The lowest BCUT2D eigenvalue weighted by Gasteiger charge is -2.33. The van der Waals surface area contributed by atoms with Crippen LogP contribution < -0.4 is 10.6 Å². The maximum Gasteiger partial charge on any atom is 0.322 e. The molecule has 37 heavy (non-hydrogen) atoms. The molecule has 4 rings (SSSR count). The van der Waals surface area contributed by atoms with Crippen LogP contribution in [0.1, 0.15) is 55.5 Å². The maximum absolute atomic E-state index is 14.0. The predicted molar refractivity (Wildman–Crippen MR) is 140 cm³/mol. The molecule has 0 radical (unpaired) electrons. The van der Waals surface area contributed by atoms with Gasteiger partial charge in [0.2, 0.25) is 5.91 Å². The van der Waals surface area contributed by atoms with Crippen molar-refractivity contribution in [2.75, 3.05) is 13.1 Å². The van der Waals surface area contributed by atoms with Gasteiger partial charge < -0.3 is 15.5 Å². The Morgan fingerprint density at radius 3 is 2.46 bits per heavy atom. The molecule has 2 unspecified atom stereocenters. The van der Waals surface area contributed by atoms with Gasteiger partial charge in [-0.15, -0.1) is 0 Å². The summed E-state index contributed by atoms with van der Waals surface area (Å²) in [6, 6.07) is 10.4. The lowest BCUT2D eigenvalue weighted by molar-refractivity contribution is -0.137. The average molecular weight is 507 g/mol. The van der Waals surface area contributed by atoms with Crippen molar-refractivity contribution >= 4 is 17.8 Å². The molecule has 196 valence electrons. The molecule has 2 N–H and O–H groups in total. The summed E-state index contributed by atoms with van der Waals surface area (Å²) < 4.78 is 13.3. The number of likely N-dealkylation sites (N-methyl/N-ethyl adjacent to an activating group) is 1. The van der Waals surface area contributed by atoms with Crippen molar-refractivity contribution in [2.45, 2.75) is 59.7 Å². The van der Waals surface area contributed by atoms with E-state index in [0.717, 1.165) is 22.3 Å². The summed E-state index contributed by atoms with van der Waals surface area (Å²) in [4.78, 5) is 43.6. The van der Waals surface area contributed by atoms with E-state index in [1.807, 2.05) is 52.8 Å². The van der Waals surface area contributed by atoms with Gasteiger partial charge in [0.1, 0.15) is 11.9 Å². The van der Waals surface area contributed by atoms with E-state index < -0.39 is 12.1 Å². The lowest BCUT2D eigenvalue weighted by atomic mass is 9.91. The van der Waals surface area contributed by atoms with Crippen molar-refractivity contribution in [1.29, 1.82) is 0 Å². The van der Waals surface area contributed by atoms with Gasteiger partial charge in [-0.05, 0) is 61.9 Å². The van der Waals surface area contributed by atoms with Gasteiger partial charge in [0.25, 0.3) is 5.91 Å². The van der Waals surface area contributed by atoms with Crippen molar-refractivity contribution in [3.05, 3.63) is 81.8 Å². The van der Waals surface area contributed by atoms with Gasteiger partial charge in [-0.1, -0.05) is 49.7 Å². The third-order valence-corrected chi connectivity index (χ3v) is 7.06. The van der Waals surface area contributed by atoms with E-state index in [-0.39, 0.29) is 42.7 Å². The molecular weight excluding hydrogens is 471 g/mol. The predicted octanol–water partition coefficient (Wildman–Crippen LogP) is 4.36. The topological polar surface area (TPSA) is 81.8 Å². The molecule has 2 atom stereocenters. The molecule has 2 aliphatic heterocycles. The number of hydrogen-bond donors (Lipinski definition) is 2. The summed E-state index contributed by atoms with van der Waals surface area (Å²) in [6.45, 7) is 10.7. The highest BCUT2D eigenvalue weighted by Gasteiger charge is 2.47. The van der Waals surface area contributed by atoms with Gasteiger partial charge in [0.15, 0.2) is 0 Å². The first kappa shape index (κ1) is 26.4. The van der Waals surface area contributed by atoms with Crippen molar-refractivity contribution < 1.29 is 18.8 Å². The highest BCUT2D eigenvalue weighted by atomic mass is 19.1. The number of benzene rings is 2. The van der Waals surface area contributed by atoms with Crippen molar-refractivity contribution in [1.82, 2.24) is 20.4 Å². The quantitative estimate of drug-likeness (QED) is 0.558. The Balaban J connectivity index is 1.64. The van der Waals surface area contributed by atoms with Crippen LogP contribution in [0.5, 0.6) is 0 Å². The number of nitrogens with zero attached hydrogens (tertiary/aromatic N) is 2. The Morgan fingerprint density at radius 2 is 1.84 bits per heavy atom. The molecule has 0 aromatic heterocycles. The summed E-state index contributed by atoms with van der Waals surface area (Å²) in [5, 5.41) is 5.95. The number of aryl methyl sites for hydroxylation is 2. The highest BCUT2D eigenvalue weighted by Crippen LogP contribution is 2.38. The standard InChI is InChI=1S/C29H35FN4O3/c1-6-33-24-16-34(23(13-17(2)3)27(35)31-15-20-8-10-21(30)11-9-20)28(36)25(24)26(32-29(33)37)22-12-7-18(4)14-19(22)5/h7-12,14,17,23,26H,6,13,15-16H2,1-5H3,(H,31,35)(H,32,37). The highest BCUT2D eigenvalue weighted by molar-refractivity contribution is 6.03. The maximum atomic E-state index is 14.0. The van der Waals surface area contributed by atoms with Crippen LogP contribution in [0.2, 0.25) is 0 Å². The fourth-order valence-electron chi connectivity index (χ4n) is 5.21. The van der Waals surface area contributed by atoms with E-state index in [0.29, 0.717) is 24.2 Å². The van der Waals surface area contributed by atoms with Crippen LogP contribution >= 0.6 is 0 Å². The molecule has 2 aromatic carbocycles. The second-order valence-electron chi connectivity index (χ2n) is 10.3. The molecule has 2 aromatic rings. The summed E-state index contributed by atoms with van der Waals surface area (Å²) in [5.74, 6) is -0.684. The first-order valence-corrected chi connectivity index (χ1v) is 12.8. The minimum atomic E-state index is -0.702. The van der Waals surface area contributed by atoms with Crippen LogP contribution in [-0.2, 0) is 16.1 Å². The van der Waals surface area contributed by atoms with Crippen LogP contribution in [0.3, 0.4) is 0 Å². The number of rotatable bonds is 8. The Kier molecular flexibility index (Phi) is 7.66. The largest absolute Gasteiger partial charge is 0.350 e. The first-order chi connectivity index (χ1) is 17.6. The third-order valence-electron chi connectivity index (χ3n) is 7.06. The van der Waals surface area contributed by atoms with E-state index in [1.165, 1.54) is 12.1 Å². The number of amides is 4. The molecule has 0 saturated carbocycles. The molecule has 4 amide bonds. The molecular formula is C29H35FN4O3. The average Bonchev–Trinajstić information content (AvgIpc) is 3.18. The number of nitrogens with one attached hydrogen (secondary N) is 2. The Labute approximate surface area is 217 Å². The Morgan fingerprint density at radius 1 is 1.14 bits per heavy atom. The zero-order valence-electron chi connectivity index (χ0n) is 22.1. The smallest absolute Gasteiger partial charge is 0.322 e. The van der Waals surface area contributed by atoms with Crippen LogP contribution in [0.15, 0.2) is 53.7 Å². The monoisotopic (exact) mass is 506 g/mol. The first-order valence-electron chi connectivity index (χ1n) is 12.8. The number of urea groups is 1. The van der Waals surface area contributed by atoms with E-state index >= 15 is 0 Å². The van der Waals surface area contributed by atoms with Crippen molar-refractivity contribution in [3.8, 4) is 0 Å². The second-order valence-corrected chi connectivity index (χ2v) is 10.3. The molecule has 0 aliphatic carbocycles. The normalized spacial score (nSPS) is 18.3. The summed E-state index contributed by atoms with van der Waals surface area (Å²) in [7, 11) is 0. The Bertz CT molecular complexity index is 1240. The van der Waals surface area contributed by atoms with Gasteiger partial charge in [0.05, 0.1) is 23.9 Å². The van der Waals surface area contributed by atoms with E-state index in [1.54, 1.807) is 21.9 Å². The summed E-state index contributed by atoms with van der Waals surface area (Å²) >= 11 is 0. The van der Waals surface area contributed by atoms with E-state index in [9.17, 15) is 18.8 Å². The molecule has 0 bridgehead atoms. The van der Waals surface area contributed by atoms with Crippen LogP contribution in [0.4, 0.5) is 9.18 Å². The zero-order valence-corrected chi connectivity index (χ0v) is 22.1. The number of halogens is 1. The zero-order chi connectivity index (χ0) is 26.9. The third kappa shape index (κ3) is 5.38. The van der Waals surface area contributed by atoms with Gasteiger partial charge in [-0.3, -0.25) is 14.5 Å². The van der Waals surface area contributed by atoms with Crippen LogP contribution in [-0.4, -0.2) is 46.8 Å². The van der Waals surface area contributed by atoms with Crippen LogP contribution in [0.25, 0.3) is 0 Å². The summed E-state index contributed by atoms with van der Waals surface area (Å²) in [5.41, 5.74) is 4.91. The molecule has 2 heterocycles. The SMILES string of the molecule is CCN1C(=O)NC(c2ccc(C)cc2C)C2=C1CN(C(CC(C)C)C(=O)NCc1ccc(F)cc1)C2=O. The van der Waals surface area contributed by atoms with Crippen molar-refractivity contribution in [3.63, 3.8) is 0 Å². The molecule has 7 nitrogen and oxygen atoms in total. The molecule has 0 spiro atoms. The van der Waals surface area contributed by atoms with Gasteiger partial charge in [-0.2, -0.15) is 0 Å². The van der Waals surface area contributed by atoms with Gasteiger partial charge in [0, 0.05) is 13.1 Å². The van der Waals surface area contributed by atoms with Gasteiger partial charge >= 0.3 is 6.03 Å². The molecule has 2 aliphatic rings. The van der Waals surface area contributed by atoms with E-state index in [4.69, 9.17) is 0 Å². The Hall–Kier alpha value is -3.68. The van der Waals surface area contributed by atoms with Crippen molar-refractivity contribution in [2.24, 2.45) is 5.92 Å². The number of carbonyl (C=O) groups is 3. The lowest BCUT2D eigenvalue weighted by Crippen LogP contribution is -2.49. The fraction of sp³-hybridized carbons (Fsp3) is 0.414. The summed E-state index contributed by atoms with van der Waals surface area (Å²) in [6.07, 6.45) is 0.475. The second kappa shape index (κ2) is 10.7. The molecule has 8 heteroatoms. The fourth-order valence-corrected chi connectivity index (χ4v) is 5.21. The number of hydrogen-bond acceptors (Lipinski definition) is 3. The minimum Gasteiger partial charge on any atom is -0.350 e. The molecule has 0 saturated heterocycles. The van der Waals surface area contributed by atoms with Crippen LogP contribution in [0, 0.1) is 25.6 Å². The van der Waals surface area contributed by atoms with E-state index in [2.05, 4.69) is 10.6 Å². The molecule has 0 fully saturated rings. The minimum absolute atomic E-state index is 0.157.